The number of carbonyl (C=O) groups is 2. The fourth-order valence-corrected chi connectivity index (χ4v) is 2.60. The Bertz CT molecular complexity index is 451. The third-order valence-corrected chi connectivity index (χ3v) is 4.03. The Morgan fingerprint density at radius 2 is 2.29 bits per heavy atom. The van der Waals surface area contributed by atoms with Crippen molar-refractivity contribution in [3.05, 3.63) is 16.1 Å². The molecule has 1 amide bonds. The molecule has 92 valence electrons. The number of rotatable bonds is 4. The van der Waals surface area contributed by atoms with Gasteiger partial charge in [-0.3, -0.25) is 9.59 Å². The van der Waals surface area contributed by atoms with E-state index in [2.05, 4.69) is 10.3 Å². The molecule has 1 fully saturated rings. The van der Waals surface area contributed by atoms with Crippen LogP contribution in [-0.4, -0.2) is 22.0 Å². The molecule has 17 heavy (non-hydrogen) atoms. The molecule has 1 aliphatic carbocycles. The van der Waals surface area contributed by atoms with Gasteiger partial charge in [0.25, 0.3) is 0 Å². The molecule has 1 aromatic heterocycles. The molecule has 2 N–H and O–H groups in total. The number of carboxylic acids is 1. The Kier molecular flexibility index (Phi) is 3.15. The lowest BCUT2D eigenvalue weighted by Crippen LogP contribution is -2.50. The maximum absolute atomic E-state index is 11.9. The number of carboxylic acid groups (broad SMARTS) is 1. The standard InChI is InChI=1S/C11H14N2O3S/c1-7-5-12-8(17-7)6-13-9(14)11(10(15)16)3-2-4-11/h5H,2-4,6H2,1H3,(H,13,14)(H,15,16). The molecule has 1 saturated carbocycles. The Morgan fingerprint density at radius 1 is 1.59 bits per heavy atom. The van der Waals surface area contributed by atoms with Gasteiger partial charge in [0.1, 0.15) is 10.4 Å². The number of nitrogens with one attached hydrogen (secondary N) is 1. The maximum atomic E-state index is 11.9. The third kappa shape index (κ3) is 2.17. The summed E-state index contributed by atoms with van der Waals surface area (Å²) in [7, 11) is 0. The van der Waals surface area contributed by atoms with Crippen molar-refractivity contribution in [2.75, 3.05) is 0 Å². The number of nitrogens with zero attached hydrogens (tertiary/aromatic N) is 1. The predicted octanol–water partition coefficient (Wildman–Crippen LogP) is 1.32. The fourth-order valence-electron chi connectivity index (χ4n) is 1.88. The Morgan fingerprint density at radius 3 is 2.71 bits per heavy atom. The van der Waals surface area contributed by atoms with E-state index in [0.29, 0.717) is 19.4 Å². The van der Waals surface area contributed by atoms with Gasteiger partial charge >= 0.3 is 5.97 Å². The van der Waals surface area contributed by atoms with Crippen LogP contribution in [0.2, 0.25) is 0 Å². The molecule has 2 rings (SSSR count). The summed E-state index contributed by atoms with van der Waals surface area (Å²) in [4.78, 5) is 28.1. The van der Waals surface area contributed by atoms with Gasteiger partial charge in [0.15, 0.2) is 0 Å². The van der Waals surface area contributed by atoms with E-state index >= 15 is 0 Å². The van der Waals surface area contributed by atoms with Crippen molar-refractivity contribution in [3.8, 4) is 0 Å². The van der Waals surface area contributed by atoms with Gasteiger partial charge in [0, 0.05) is 11.1 Å². The van der Waals surface area contributed by atoms with Crippen molar-refractivity contribution in [1.29, 1.82) is 0 Å². The van der Waals surface area contributed by atoms with Crippen LogP contribution in [0, 0.1) is 12.3 Å². The van der Waals surface area contributed by atoms with Crippen LogP contribution in [0.1, 0.15) is 29.1 Å². The molecule has 5 nitrogen and oxygen atoms in total. The van der Waals surface area contributed by atoms with Crippen LogP contribution in [0.5, 0.6) is 0 Å². The van der Waals surface area contributed by atoms with Crippen LogP contribution in [0.15, 0.2) is 6.20 Å². The number of aryl methyl sites for hydroxylation is 1. The van der Waals surface area contributed by atoms with Crippen LogP contribution in [-0.2, 0) is 16.1 Å². The zero-order valence-electron chi connectivity index (χ0n) is 9.52. The van der Waals surface area contributed by atoms with E-state index in [4.69, 9.17) is 5.11 Å². The van der Waals surface area contributed by atoms with Gasteiger partial charge in [-0.15, -0.1) is 11.3 Å². The summed E-state index contributed by atoms with van der Waals surface area (Å²) in [6.07, 6.45) is 3.41. The van der Waals surface area contributed by atoms with Crippen LogP contribution in [0.25, 0.3) is 0 Å². The van der Waals surface area contributed by atoms with Crippen molar-refractivity contribution >= 4 is 23.2 Å². The second-order valence-corrected chi connectivity index (χ2v) is 5.61. The van der Waals surface area contributed by atoms with Gasteiger partial charge in [-0.25, -0.2) is 4.98 Å². The lowest BCUT2D eigenvalue weighted by atomic mass is 9.68. The first kappa shape index (κ1) is 12.0. The topological polar surface area (TPSA) is 79.3 Å². The normalized spacial score (nSPS) is 17.2. The number of hydrogen-bond acceptors (Lipinski definition) is 4. The Balaban J connectivity index is 1.95. The number of amides is 1. The zero-order chi connectivity index (χ0) is 12.5. The average Bonchev–Trinajstić information content (AvgIpc) is 2.59. The van der Waals surface area contributed by atoms with E-state index < -0.39 is 11.4 Å². The molecule has 1 aliphatic rings. The van der Waals surface area contributed by atoms with E-state index in [1.54, 1.807) is 6.20 Å². The highest BCUT2D eigenvalue weighted by molar-refractivity contribution is 7.11. The summed E-state index contributed by atoms with van der Waals surface area (Å²) in [5, 5.41) is 12.5. The number of thiazole rings is 1. The summed E-state index contributed by atoms with van der Waals surface area (Å²) in [6, 6.07) is 0. The zero-order valence-corrected chi connectivity index (χ0v) is 10.3. The van der Waals surface area contributed by atoms with Gasteiger partial charge in [-0.1, -0.05) is 6.42 Å². The van der Waals surface area contributed by atoms with Gasteiger partial charge in [0.05, 0.1) is 6.54 Å². The van der Waals surface area contributed by atoms with E-state index in [1.807, 2.05) is 6.92 Å². The van der Waals surface area contributed by atoms with Crippen LogP contribution >= 0.6 is 11.3 Å². The van der Waals surface area contributed by atoms with E-state index in [9.17, 15) is 9.59 Å². The van der Waals surface area contributed by atoms with Crippen molar-refractivity contribution in [2.24, 2.45) is 5.41 Å². The first-order valence-electron chi connectivity index (χ1n) is 5.47. The average molecular weight is 254 g/mol. The van der Waals surface area contributed by atoms with E-state index in [1.165, 1.54) is 11.3 Å². The molecule has 1 heterocycles. The predicted molar refractivity (Wildman–Crippen MR) is 62.6 cm³/mol. The molecule has 0 radical (unpaired) electrons. The molecule has 0 aliphatic heterocycles. The van der Waals surface area contributed by atoms with Crippen LogP contribution in [0.3, 0.4) is 0 Å². The largest absolute Gasteiger partial charge is 0.480 e. The summed E-state index contributed by atoms with van der Waals surface area (Å²) < 4.78 is 0. The van der Waals surface area contributed by atoms with Gasteiger partial charge < -0.3 is 10.4 Å². The SMILES string of the molecule is Cc1cnc(CNC(=O)C2(C(=O)O)CCC2)s1. The maximum Gasteiger partial charge on any atom is 0.319 e. The van der Waals surface area contributed by atoms with Gasteiger partial charge in [-0.2, -0.15) is 0 Å². The number of aromatic nitrogens is 1. The van der Waals surface area contributed by atoms with Crippen molar-refractivity contribution in [2.45, 2.75) is 32.7 Å². The summed E-state index contributed by atoms with van der Waals surface area (Å²) >= 11 is 1.50. The monoisotopic (exact) mass is 254 g/mol. The molecule has 0 atom stereocenters. The molecule has 0 spiro atoms. The molecule has 0 bridgehead atoms. The smallest absolute Gasteiger partial charge is 0.319 e. The minimum absolute atomic E-state index is 0.312. The van der Waals surface area contributed by atoms with Crippen molar-refractivity contribution < 1.29 is 14.7 Å². The molecular weight excluding hydrogens is 240 g/mol. The minimum Gasteiger partial charge on any atom is -0.480 e. The van der Waals surface area contributed by atoms with Crippen LogP contribution in [0.4, 0.5) is 0 Å². The number of aliphatic carboxylic acids is 1. The lowest BCUT2D eigenvalue weighted by Gasteiger charge is -2.35. The third-order valence-electron chi connectivity index (χ3n) is 3.12. The Labute approximate surface area is 103 Å². The molecule has 0 unspecified atom stereocenters. The summed E-state index contributed by atoms with van der Waals surface area (Å²) in [6.45, 7) is 2.25. The second-order valence-electron chi connectivity index (χ2n) is 4.29. The van der Waals surface area contributed by atoms with Crippen LogP contribution < -0.4 is 5.32 Å². The summed E-state index contributed by atoms with van der Waals surface area (Å²) in [5.41, 5.74) is -1.19. The highest BCUT2D eigenvalue weighted by Crippen LogP contribution is 2.41. The molecule has 0 aromatic carbocycles. The molecular formula is C11H14N2O3S. The highest BCUT2D eigenvalue weighted by Gasteiger charge is 2.51. The quantitative estimate of drug-likeness (QED) is 0.794. The number of hydrogen-bond donors (Lipinski definition) is 2. The first-order chi connectivity index (χ1) is 8.04. The molecule has 0 saturated heterocycles. The van der Waals surface area contributed by atoms with E-state index in [-0.39, 0.29) is 5.91 Å². The highest BCUT2D eigenvalue weighted by atomic mass is 32.1. The second kappa shape index (κ2) is 4.44. The molecule has 1 aromatic rings. The first-order valence-corrected chi connectivity index (χ1v) is 6.29. The summed E-state index contributed by atoms with van der Waals surface area (Å²) in [5.74, 6) is -1.40. The minimum atomic E-state index is -1.19. The Hall–Kier alpha value is -1.43. The fraction of sp³-hybridized carbons (Fsp3) is 0.545. The van der Waals surface area contributed by atoms with E-state index in [0.717, 1.165) is 16.3 Å². The lowest BCUT2D eigenvalue weighted by molar-refractivity contribution is -0.162. The van der Waals surface area contributed by atoms with Crippen molar-refractivity contribution in [3.63, 3.8) is 0 Å². The number of carbonyl (C=O) groups excluding carboxylic acids is 1. The van der Waals surface area contributed by atoms with Gasteiger partial charge in [0.2, 0.25) is 5.91 Å². The molecule has 6 heteroatoms. The van der Waals surface area contributed by atoms with Gasteiger partial charge in [-0.05, 0) is 19.8 Å². The van der Waals surface area contributed by atoms with Crippen molar-refractivity contribution in [1.82, 2.24) is 10.3 Å².